The van der Waals surface area contributed by atoms with Gasteiger partial charge in [0.1, 0.15) is 5.75 Å². The molecule has 3 nitrogen and oxygen atoms in total. The standard InChI is InChI=1S/C11H13ClF3NO2/c1-6(16)10(17,11(13,14)15)8-5-7(12)3-4-9(8)18-2/h3-6,17H,16H2,1-2H3. The van der Waals surface area contributed by atoms with Gasteiger partial charge in [0.15, 0.2) is 0 Å². The first-order valence-corrected chi connectivity index (χ1v) is 5.41. The lowest BCUT2D eigenvalue weighted by molar-refractivity contribution is -0.273. The van der Waals surface area contributed by atoms with Crippen LogP contribution in [0, 0.1) is 0 Å². The first kappa shape index (κ1) is 15.1. The minimum absolute atomic E-state index is 0.0501. The molecule has 7 heteroatoms. The number of hydrogen-bond acceptors (Lipinski definition) is 3. The van der Waals surface area contributed by atoms with Crippen LogP contribution in [-0.2, 0) is 5.60 Å². The molecule has 0 saturated carbocycles. The molecule has 1 rings (SSSR count). The highest BCUT2D eigenvalue weighted by Gasteiger charge is 2.58. The Hall–Kier alpha value is -0.980. The summed E-state index contributed by atoms with van der Waals surface area (Å²) in [6.07, 6.45) is -4.95. The number of rotatable bonds is 3. The average Bonchev–Trinajstić information content (AvgIpc) is 2.26. The van der Waals surface area contributed by atoms with Crippen molar-refractivity contribution < 1.29 is 23.0 Å². The minimum atomic E-state index is -4.95. The van der Waals surface area contributed by atoms with Crippen molar-refractivity contribution in [2.24, 2.45) is 5.73 Å². The van der Waals surface area contributed by atoms with Crippen LogP contribution in [0.1, 0.15) is 12.5 Å². The van der Waals surface area contributed by atoms with E-state index in [9.17, 15) is 18.3 Å². The molecule has 2 atom stereocenters. The lowest BCUT2D eigenvalue weighted by Crippen LogP contribution is -2.54. The Morgan fingerprint density at radius 2 is 1.94 bits per heavy atom. The highest BCUT2D eigenvalue weighted by atomic mass is 35.5. The van der Waals surface area contributed by atoms with Crippen LogP contribution in [0.2, 0.25) is 5.02 Å². The Morgan fingerprint density at radius 3 is 2.33 bits per heavy atom. The zero-order valence-corrected chi connectivity index (χ0v) is 10.5. The zero-order valence-electron chi connectivity index (χ0n) is 9.75. The Morgan fingerprint density at radius 1 is 1.39 bits per heavy atom. The van der Waals surface area contributed by atoms with E-state index in [4.69, 9.17) is 22.1 Å². The summed E-state index contributed by atoms with van der Waals surface area (Å²) in [7, 11) is 1.20. The van der Waals surface area contributed by atoms with E-state index in [1.54, 1.807) is 0 Å². The predicted molar refractivity (Wildman–Crippen MR) is 61.6 cm³/mol. The summed E-state index contributed by atoms with van der Waals surface area (Å²) in [5.41, 5.74) is 1.58. The number of methoxy groups -OCH3 is 1. The molecule has 1 aromatic carbocycles. The van der Waals surface area contributed by atoms with Gasteiger partial charge in [-0.15, -0.1) is 0 Å². The normalized spacial score (nSPS) is 17.1. The number of benzene rings is 1. The molecule has 2 unspecified atom stereocenters. The number of aliphatic hydroxyl groups is 1. The molecular weight excluding hydrogens is 271 g/mol. The maximum Gasteiger partial charge on any atom is 0.423 e. The summed E-state index contributed by atoms with van der Waals surface area (Å²) < 4.78 is 44.0. The van der Waals surface area contributed by atoms with E-state index in [1.807, 2.05) is 0 Å². The van der Waals surface area contributed by atoms with Crippen molar-refractivity contribution in [3.63, 3.8) is 0 Å². The van der Waals surface area contributed by atoms with Gasteiger partial charge in [-0.1, -0.05) is 11.6 Å². The van der Waals surface area contributed by atoms with Crippen LogP contribution in [0.3, 0.4) is 0 Å². The molecule has 0 aliphatic rings. The molecule has 0 fully saturated rings. The Labute approximate surface area is 107 Å². The van der Waals surface area contributed by atoms with E-state index in [0.29, 0.717) is 0 Å². The van der Waals surface area contributed by atoms with Crippen LogP contribution in [0.25, 0.3) is 0 Å². The first-order chi connectivity index (χ1) is 8.14. The van der Waals surface area contributed by atoms with E-state index >= 15 is 0 Å². The summed E-state index contributed by atoms with van der Waals surface area (Å²) in [5.74, 6) is -0.128. The van der Waals surface area contributed by atoms with Gasteiger partial charge in [0.05, 0.1) is 7.11 Å². The first-order valence-electron chi connectivity index (χ1n) is 5.03. The molecule has 0 radical (unpaired) electrons. The third-order valence-corrected chi connectivity index (χ3v) is 2.90. The lowest BCUT2D eigenvalue weighted by Gasteiger charge is -2.35. The summed E-state index contributed by atoms with van der Waals surface area (Å²) in [6, 6.07) is 2.03. The minimum Gasteiger partial charge on any atom is -0.496 e. The monoisotopic (exact) mass is 283 g/mol. The fourth-order valence-corrected chi connectivity index (χ4v) is 1.81. The molecule has 3 N–H and O–H groups in total. The smallest absolute Gasteiger partial charge is 0.423 e. The molecule has 0 amide bonds. The van der Waals surface area contributed by atoms with Crippen molar-refractivity contribution in [2.45, 2.75) is 24.7 Å². The molecule has 0 heterocycles. The van der Waals surface area contributed by atoms with Crippen LogP contribution in [0.4, 0.5) is 13.2 Å². The van der Waals surface area contributed by atoms with Gasteiger partial charge >= 0.3 is 6.18 Å². The van der Waals surface area contributed by atoms with Crippen molar-refractivity contribution in [3.8, 4) is 5.75 Å². The number of hydrogen-bond donors (Lipinski definition) is 2. The second-order valence-electron chi connectivity index (χ2n) is 3.90. The molecule has 0 aliphatic carbocycles. The fraction of sp³-hybridized carbons (Fsp3) is 0.455. The van der Waals surface area contributed by atoms with Crippen LogP contribution < -0.4 is 10.5 Å². The van der Waals surface area contributed by atoms with Crippen molar-refractivity contribution in [3.05, 3.63) is 28.8 Å². The van der Waals surface area contributed by atoms with Gasteiger partial charge in [0.25, 0.3) is 0 Å². The Kier molecular flexibility index (Phi) is 4.15. The van der Waals surface area contributed by atoms with Crippen LogP contribution in [0.15, 0.2) is 18.2 Å². The number of alkyl halides is 3. The molecule has 1 aromatic rings. The summed E-state index contributed by atoms with van der Waals surface area (Å²) in [6.45, 7) is 1.06. The van der Waals surface area contributed by atoms with Gasteiger partial charge in [-0.25, -0.2) is 0 Å². The maximum absolute atomic E-state index is 13.1. The second kappa shape index (κ2) is 4.95. The van der Waals surface area contributed by atoms with Gasteiger partial charge in [0, 0.05) is 16.6 Å². The van der Waals surface area contributed by atoms with Crippen molar-refractivity contribution in [1.82, 2.24) is 0 Å². The molecule has 102 valence electrons. The summed E-state index contributed by atoms with van der Waals surface area (Å²) in [5, 5.41) is 9.99. The number of nitrogens with two attached hydrogens (primary N) is 1. The lowest BCUT2D eigenvalue weighted by atomic mass is 9.86. The topological polar surface area (TPSA) is 55.5 Å². The van der Waals surface area contributed by atoms with Crippen molar-refractivity contribution >= 4 is 11.6 Å². The molecule has 18 heavy (non-hydrogen) atoms. The highest BCUT2D eigenvalue weighted by molar-refractivity contribution is 6.30. The summed E-state index contributed by atoms with van der Waals surface area (Å²) in [4.78, 5) is 0. The quantitative estimate of drug-likeness (QED) is 0.896. The van der Waals surface area contributed by atoms with Gasteiger partial charge in [-0.05, 0) is 25.1 Å². The fourth-order valence-electron chi connectivity index (χ4n) is 1.63. The van der Waals surface area contributed by atoms with Gasteiger partial charge in [-0.3, -0.25) is 0 Å². The molecule has 0 bridgehead atoms. The van der Waals surface area contributed by atoms with E-state index in [1.165, 1.54) is 19.2 Å². The van der Waals surface area contributed by atoms with Crippen LogP contribution in [-0.4, -0.2) is 24.4 Å². The maximum atomic E-state index is 13.1. The summed E-state index contributed by atoms with van der Waals surface area (Å²) >= 11 is 5.66. The van der Waals surface area contributed by atoms with E-state index in [2.05, 4.69) is 0 Å². The zero-order chi connectivity index (χ0) is 14.1. The highest BCUT2D eigenvalue weighted by Crippen LogP contribution is 2.45. The number of halogens is 4. The average molecular weight is 284 g/mol. The number of ether oxygens (including phenoxy) is 1. The van der Waals surface area contributed by atoms with Crippen LogP contribution in [0.5, 0.6) is 5.75 Å². The Bertz CT molecular complexity index is 437. The molecule has 0 saturated heterocycles. The molecule has 0 spiro atoms. The van der Waals surface area contributed by atoms with E-state index < -0.39 is 23.4 Å². The molecule has 0 aliphatic heterocycles. The third-order valence-electron chi connectivity index (χ3n) is 2.66. The molecular formula is C11H13ClF3NO2. The SMILES string of the molecule is COc1ccc(Cl)cc1C(O)(C(C)N)C(F)(F)F. The second-order valence-corrected chi connectivity index (χ2v) is 4.33. The predicted octanol–water partition coefficient (Wildman–Crippen LogP) is 2.45. The van der Waals surface area contributed by atoms with Gasteiger partial charge in [-0.2, -0.15) is 13.2 Å². The van der Waals surface area contributed by atoms with Crippen molar-refractivity contribution in [2.75, 3.05) is 7.11 Å². The largest absolute Gasteiger partial charge is 0.496 e. The third kappa shape index (κ3) is 2.41. The van der Waals surface area contributed by atoms with E-state index in [-0.39, 0.29) is 10.8 Å². The molecule has 0 aromatic heterocycles. The van der Waals surface area contributed by atoms with Crippen molar-refractivity contribution in [1.29, 1.82) is 0 Å². The van der Waals surface area contributed by atoms with Gasteiger partial charge < -0.3 is 15.6 Å². The van der Waals surface area contributed by atoms with Crippen LogP contribution >= 0.6 is 11.6 Å². The Balaban J connectivity index is 3.53. The van der Waals surface area contributed by atoms with E-state index in [0.717, 1.165) is 13.0 Å². The van der Waals surface area contributed by atoms with Gasteiger partial charge in [0.2, 0.25) is 5.60 Å².